The topological polar surface area (TPSA) is 25.8 Å². The van der Waals surface area contributed by atoms with Gasteiger partial charge in [0.25, 0.3) is 0 Å². The zero-order valence-electron chi connectivity index (χ0n) is 10.1. The van der Waals surface area contributed by atoms with Crippen LogP contribution < -0.4 is 0 Å². The van der Waals surface area contributed by atoms with Gasteiger partial charge in [0, 0.05) is 11.1 Å². The number of fused-ring (bicyclic) bond motifs is 1. The molecule has 0 spiro atoms. The lowest BCUT2D eigenvalue weighted by Crippen LogP contribution is -1.92. The fraction of sp³-hybridized carbons (Fsp3) is 0.200. The molecule has 1 aliphatic rings. The van der Waals surface area contributed by atoms with E-state index in [1.807, 2.05) is 6.20 Å². The Labute approximate surface area is 110 Å². The molecule has 0 radical (unpaired) electrons. The summed E-state index contributed by atoms with van der Waals surface area (Å²) in [5, 5.41) is 0. The summed E-state index contributed by atoms with van der Waals surface area (Å²) < 4.78 is 1.07. The van der Waals surface area contributed by atoms with Crippen LogP contribution in [-0.4, -0.2) is 9.97 Å². The van der Waals surface area contributed by atoms with Crippen molar-refractivity contribution in [3.63, 3.8) is 0 Å². The molecule has 0 aromatic carbocycles. The molecule has 0 saturated heterocycles. The Morgan fingerprint density at radius 2 is 2.33 bits per heavy atom. The van der Waals surface area contributed by atoms with Gasteiger partial charge in [-0.1, -0.05) is 18.1 Å². The Hall–Kier alpha value is -1.92. The summed E-state index contributed by atoms with van der Waals surface area (Å²) in [4.78, 5) is 9.56. The molecular formula is C15H12N2S. The third-order valence-electron chi connectivity index (χ3n) is 3.18. The number of hydrogen-bond donors (Lipinski definition) is 0. The highest BCUT2D eigenvalue weighted by Crippen LogP contribution is 2.38. The van der Waals surface area contributed by atoms with Gasteiger partial charge < -0.3 is 0 Å². The molecule has 0 bridgehead atoms. The molecule has 3 rings (SSSR count). The van der Waals surface area contributed by atoms with Gasteiger partial charge in [0.05, 0.1) is 10.3 Å². The zero-order valence-corrected chi connectivity index (χ0v) is 10.9. The van der Waals surface area contributed by atoms with E-state index in [2.05, 4.69) is 35.0 Å². The van der Waals surface area contributed by atoms with Crippen LogP contribution in [0.1, 0.15) is 30.2 Å². The van der Waals surface area contributed by atoms with Crippen molar-refractivity contribution in [1.82, 2.24) is 9.97 Å². The highest BCUT2D eigenvalue weighted by Gasteiger charge is 2.17. The number of allylic oxidation sites excluding steroid dienone is 4. The zero-order chi connectivity index (χ0) is 12.5. The van der Waals surface area contributed by atoms with Gasteiger partial charge >= 0.3 is 0 Å². The molecule has 0 amide bonds. The Kier molecular flexibility index (Phi) is 2.73. The standard InChI is InChI=1S/C15H12N2S/c1-3-11-14-13(8-16-9-17-14)18-15(11)12-7-5-4-6-10(12)2/h1,4,6,8-9H,5,7H2,2H3. The van der Waals surface area contributed by atoms with Gasteiger partial charge in [-0.05, 0) is 30.9 Å². The largest absolute Gasteiger partial charge is 0.243 e. The van der Waals surface area contributed by atoms with Crippen molar-refractivity contribution < 1.29 is 0 Å². The second-order valence-electron chi connectivity index (χ2n) is 4.29. The predicted octanol–water partition coefficient (Wildman–Crippen LogP) is 3.80. The van der Waals surface area contributed by atoms with Gasteiger partial charge in [-0.2, -0.15) is 0 Å². The maximum atomic E-state index is 5.67. The first-order valence-electron chi connectivity index (χ1n) is 5.87. The molecule has 88 valence electrons. The summed E-state index contributed by atoms with van der Waals surface area (Å²) in [5.41, 5.74) is 4.48. The van der Waals surface area contributed by atoms with E-state index in [4.69, 9.17) is 6.42 Å². The van der Waals surface area contributed by atoms with Crippen LogP contribution in [0.4, 0.5) is 0 Å². The summed E-state index contributed by atoms with van der Waals surface area (Å²) in [5.74, 6) is 2.80. The van der Waals surface area contributed by atoms with E-state index < -0.39 is 0 Å². The lowest BCUT2D eigenvalue weighted by atomic mass is 9.95. The summed E-state index contributed by atoms with van der Waals surface area (Å²) in [7, 11) is 0. The Bertz CT molecular complexity index is 714. The molecule has 0 unspecified atom stereocenters. The number of nitrogens with zero attached hydrogens (tertiary/aromatic N) is 2. The number of terminal acetylenes is 1. The van der Waals surface area contributed by atoms with Crippen LogP contribution in [0, 0.1) is 12.3 Å². The quantitative estimate of drug-likeness (QED) is 0.721. The normalized spacial score (nSPS) is 15.1. The molecule has 2 heterocycles. The maximum Gasteiger partial charge on any atom is 0.116 e. The van der Waals surface area contributed by atoms with E-state index in [-0.39, 0.29) is 0 Å². The third kappa shape index (κ3) is 1.66. The molecule has 0 aliphatic heterocycles. The molecule has 0 saturated carbocycles. The van der Waals surface area contributed by atoms with E-state index in [1.54, 1.807) is 17.7 Å². The minimum absolute atomic E-state index is 0.905. The van der Waals surface area contributed by atoms with E-state index >= 15 is 0 Å². The first kappa shape index (κ1) is 11.2. The average molecular weight is 252 g/mol. The van der Waals surface area contributed by atoms with Crippen LogP contribution in [0.15, 0.2) is 30.2 Å². The number of rotatable bonds is 1. The fourth-order valence-electron chi connectivity index (χ4n) is 2.27. The molecule has 18 heavy (non-hydrogen) atoms. The van der Waals surface area contributed by atoms with Gasteiger partial charge in [-0.3, -0.25) is 0 Å². The molecule has 2 nitrogen and oxygen atoms in total. The highest BCUT2D eigenvalue weighted by atomic mass is 32.1. The third-order valence-corrected chi connectivity index (χ3v) is 4.35. The lowest BCUT2D eigenvalue weighted by molar-refractivity contribution is 1.04. The average Bonchev–Trinajstić information content (AvgIpc) is 2.77. The fourth-order valence-corrected chi connectivity index (χ4v) is 3.50. The smallest absolute Gasteiger partial charge is 0.116 e. The minimum atomic E-state index is 0.905. The molecule has 0 atom stereocenters. The molecule has 2 aromatic heterocycles. The van der Waals surface area contributed by atoms with Crippen molar-refractivity contribution in [3.8, 4) is 12.3 Å². The SMILES string of the molecule is C#Cc1c(C2=C(C)C=CCC2)sc2cncnc12. The summed E-state index contributed by atoms with van der Waals surface area (Å²) in [6.07, 6.45) is 15.6. The molecule has 1 aliphatic carbocycles. The maximum absolute atomic E-state index is 5.67. The van der Waals surface area contributed by atoms with E-state index in [9.17, 15) is 0 Å². The van der Waals surface area contributed by atoms with E-state index in [0.717, 1.165) is 28.6 Å². The number of aromatic nitrogens is 2. The van der Waals surface area contributed by atoms with Crippen LogP contribution in [0.5, 0.6) is 0 Å². The molecule has 0 N–H and O–H groups in total. The van der Waals surface area contributed by atoms with E-state index in [0.29, 0.717) is 0 Å². The number of thiophene rings is 1. The first-order valence-corrected chi connectivity index (χ1v) is 6.68. The van der Waals surface area contributed by atoms with Gasteiger partial charge in [0.2, 0.25) is 0 Å². The van der Waals surface area contributed by atoms with Gasteiger partial charge in [-0.25, -0.2) is 9.97 Å². The molecule has 0 fully saturated rings. The van der Waals surface area contributed by atoms with Crippen LogP contribution in [0.25, 0.3) is 15.8 Å². The van der Waals surface area contributed by atoms with Crippen LogP contribution >= 0.6 is 11.3 Å². The van der Waals surface area contributed by atoms with Gasteiger partial charge in [0.15, 0.2) is 0 Å². The van der Waals surface area contributed by atoms with Crippen molar-refractivity contribution >= 4 is 27.1 Å². The van der Waals surface area contributed by atoms with Crippen LogP contribution in [0.3, 0.4) is 0 Å². The first-order chi connectivity index (χ1) is 8.81. The lowest BCUT2D eigenvalue weighted by Gasteiger charge is -2.12. The van der Waals surface area contributed by atoms with E-state index in [1.165, 1.54) is 16.0 Å². The Morgan fingerprint density at radius 1 is 1.44 bits per heavy atom. The molecule has 3 heteroatoms. The van der Waals surface area contributed by atoms with Crippen molar-refractivity contribution in [2.45, 2.75) is 19.8 Å². The molecule has 2 aromatic rings. The summed E-state index contributed by atoms with van der Waals surface area (Å²) in [6.45, 7) is 2.14. The van der Waals surface area contributed by atoms with Gasteiger partial charge in [0.1, 0.15) is 11.8 Å². The predicted molar refractivity (Wildman–Crippen MR) is 76.3 cm³/mol. The molecular weight excluding hydrogens is 240 g/mol. The highest BCUT2D eigenvalue weighted by molar-refractivity contribution is 7.20. The second-order valence-corrected chi connectivity index (χ2v) is 5.34. The van der Waals surface area contributed by atoms with Crippen molar-refractivity contribution in [2.24, 2.45) is 0 Å². The summed E-state index contributed by atoms with van der Waals surface area (Å²) in [6, 6.07) is 0. The summed E-state index contributed by atoms with van der Waals surface area (Å²) >= 11 is 1.70. The Morgan fingerprint density at radius 3 is 3.11 bits per heavy atom. The minimum Gasteiger partial charge on any atom is -0.243 e. The van der Waals surface area contributed by atoms with Crippen molar-refractivity contribution in [3.05, 3.63) is 40.7 Å². The van der Waals surface area contributed by atoms with Crippen molar-refractivity contribution in [2.75, 3.05) is 0 Å². The monoisotopic (exact) mass is 252 g/mol. The second kappa shape index (κ2) is 4.40. The van der Waals surface area contributed by atoms with Crippen molar-refractivity contribution in [1.29, 1.82) is 0 Å². The van der Waals surface area contributed by atoms with Gasteiger partial charge in [-0.15, -0.1) is 17.8 Å². The van der Waals surface area contributed by atoms with Crippen LogP contribution in [-0.2, 0) is 0 Å². The van der Waals surface area contributed by atoms with Crippen LogP contribution in [0.2, 0.25) is 0 Å². The Balaban J connectivity index is 2.30. The number of hydrogen-bond acceptors (Lipinski definition) is 3.